The Morgan fingerprint density at radius 3 is 2.88 bits per heavy atom. The van der Waals surface area contributed by atoms with Crippen LogP contribution in [0.2, 0.25) is 0 Å². The summed E-state index contributed by atoms with van der Waals surface area (Å²) in [5.41, 5.74) is 0. The summed E-state index contributed by atoms with van der Waals surface area (Å²) in [7, 11) is 0. The van der Waals surface area contributed by atoms with E-state index in [1.165, 1.54) is 50.7 Å². The molecule has 0 aliphatic carbocycles. The molecule has 2 saturated heterocycles. The molecule has 2 nitrogen and oxygen atoms in total. The molecule has 0 amide bonds. The topological polar surface area (TPSA) is 21.3 Å². The lowest BCUT2D eigenvalue weighted by Crippen LogP contribution is -2.39. The van der Waals surface area contributed by atoms with Crippen LogP contribution in [0.25, 0.3) is 0 Å². The van der Waals surface area contributed by atoms with Gasteiger partial charge in [0.25, 0.3) is 0 Å². The van der Waals surface area contributed by atoms with E-state index in [2.05, 4.69) is 24.0 Å². The summed E-state index contributed by atoms with van der Waals surface area (Å²) >= 11 is 2.19. The minimum atomic E-state index is 0.560. The molecule has 0 aromatic carbocycles. The van der Waals surface area contributed by atoms with Crippen LogP contribution in [0.5, 0.6) is 0 Å². The number of hydrogen-bond acceptors (Lipinski definition) is 3. The van der Waals surface area contributed by atoms with E-state index in [-0.39, 0.29) is 0 Å². The van der Waals surface area contributed by atoms with E-state index in [9.17, 15) is 0 Å². The highest BCUT2D eigenvalue weighted by Gasteiger charge is 2.25. The largest absolute Gasteiger partial charge is 0.378 e. The normalized spacial score (nSPS) is 31.6. The van der Waals surface area contributed by atoms with E-state index in [0.717, 1.165) is 24.4 Å². The Morgan fingerprint density at radius 2 is 2.24 bits per heavy atom. The zero-order chi connectivity index (χ0) is 11.9. The molecule has 2 heterocycles. The molecule has 0 spiro atoms. The summed E-state index contributed by atoms with van der Waals surface area (Å²) in [5, 5.41) is 4.55. The second kappa shape index (κ2) is 7.65. The zero-order valence-corrected chi connectivity index (χ0v) is 11.9. The van der Waals surface area contributed by atoms with Crippen molar-refractivity contribution in [1.29, 1.82) is 0 Å². The second-order valence-electron chi connectivity index (χ2n) is 5.28. The van der Waals surface area contributed by atoms with Gasteiger partial charge in [-0.25, -0.2) is 0 Å². The fourth-order valence-electron chi connectivity index (χ4n) is 3.00. The van der Waals surface area contributed by atoms with Gasteiger partial charge >= 0.3 is 0 Å². The van der Waals surface area contributed by atoms with E-state index in [0.29, 0.717) is 6.10 Å². The molecule has 2 aliphatic heterocycles. The lowest BCUT2D eigenvalue weighted by Gasteiger charge is -2.31. The van der Waals surface area contributed by atoms with Crippen LogP contribution in [-0.2, 0) is 4.74 Å². The van der Waals surface area contributed by atoms with Crippen LogP contribution in [0, 0.1) is 0 Å². The summed E-state index contributed by atoms with van der Waals surface area (Å²) in [6, 6.07) is 0.717. The fraction of sp³-hybridized carbons (Fsp3) is 1.00. The number of ether oxygens (including phenoxy) is 1. The van der Waals surface area contributed by atoms with Crippen molar-refractivity contribution < 1.29 is 4.74 Å². The van der Waals surface area contributed by atoms with Gasteiger partial charge in [-0.1, -0.05) is 13.3 Å². The van der Waals surface area contributed by atoms with Gasteiger partial charge in [0, 0.05) is 17.9 Å². The molecule has 100 valence electrons. The summed E-state index contributed by atoms with van der Waals surface area (Å²) in [5.74, 6) is 1.37. The average molecular weight is 257 g/mol. The van der Waals surface area contributed by atoms with E-state index in [1.54, 1.807) is 0 Å². The summed E-state index contributed by atoms with van der Waals surface area (Å²) in [6.07, 6.45) is 9.94. The molecule has 17 heavy (non-hydrogen) atoms. The third-order valence-corrected chi connectivity index (χ3v) is 5.47. The highest BCUT2D eigenvalue weighted by atomic mass is 32.2. The standard InChI is InChI=1S/C14H27NOS/c1-2-15-13(14-7-3-4-11-17-14)9-8-12-6-5-10-16-12/h12-15H,2-11H2,1H3. The van der Waals surface area contributed by atoms with E-state index in [1.807, 2.05) is 0 Å². The molecule has 2 aliphatic rings. The minimum Gasteiger partial charge on any atom is -0.378 e. The van der Waals surface area contributed by atoms with Crippen LogP contribution in [0.15, 0.2) is 0 Å². The molecule has 2 rings (SSSR count). The highest BCUT2D eigenvalue weighted by molar-refractivity contribution is 8.00. The van der Waals surface area contributed by atoms with Crippen molar-refractivity contribution in [2.24, 2.45) is 0 Å². The third-order valence-electron chi connectivity index (χ3n) is 3.95. The van der Waals surface area contributed by atoms with Gasteiger partial charge in [-0.3, -0.25) is 0 Å². The van der Waals surface area contributed by atoms with Crippen LogP contribution >= 0.6 is 11.8 Å². The van der Waals surface area contributed by atoms with Crippen LogP contribution < -0.4 is 5.32 Å². The molecule has 0 radical (unpaired) electrons. The molecule has 3 heteroatoms. The molecule has 0 aromatic heterocycles. The summed E-state index contributed by atoms with van der Waals surface area (Å²) in [4.78, 5) is 0. The van der Waals surface area contributed by atoms with Gasteiger partial charge in [0.2, 0.25) is 0 Å². The van der Waals surface area contributed by atoms with Gasteiger partial charge in [0.15, 0.2) is 0 Å². The molecule has 2 fully saturated rings. The van der Waals surface area contributed by atoms with Crippen molar-refractivity contribution in [1.82, 2.24) is 5.32 Å². The number of rotatable bonds is 6. The van der Waals surface area contributed by atoms with Gasteiger partial charge < -0.3 is 10.1 Å². The van der Waals surface area contributed by atoms with Crippen LogP contribution in [0.3, 0.4) is 0 Å². The van der Waals surface area contributed by atoms with Gasteiger partial charge in [0.05, 0.1) is 6.10 Å². The maximum absolute atomic E-state index is 5.73. The first kappa shape index (κ1) is 13.7. The number of nitrogens with one attached hydrogen (secondary N) is 1. The number of hydrogen-bond donors (Lipinski definition) is 1. The van der Waals surface area contributed by atoms with E-state index in [4.69, 9.17) is 4.74 Å². The first-order valence-corrected chi connectivity index (χ1v) is 8.41. The van der Waals surface area contributed by atoms with Crippen molar-refractivity contribution in [3.8, 4) is 0 Å². The maximum Gasteiger partial charge on any atom is 0.0576 e. The molecule has 0 saturated carbocycles. The molecule has 0 bridgehead atoms. The predicted octanol–water partition coefficient (Wildman–Crippen LogP) is 3.21. The van der Waals surface area contributed by atoms with Crippen molar-refractivity contribution in [3.05, 3.63) is 0 Å². The Morgan fingerprint density at radius 1 is 1.29 bits per heavy atom. The molecule has 3 atom stereocenters. The molecular weight excluding hydrogens is 230 g/mol. The Kier molecular flexibility index (Phi) is 6.16. The smallest absolute Gasteiger partial charge is 0.0576 e. The van der Waals surface area contributed by atoms with Crippen molar-refractivity contribution in [2.75, 3.05) is 18.9 Å². The quantitative estimate of drug-likeness (QED) is 0.789. The fourth-order valence-corrected chi connectivity index (χ4v) is 4.47. The number of thioether (sulfide) groups is 1. The van der Waals surface area contributed by atoms with E-state index >= 15 is 0 Å². The van der Waals surface area contributed by atoms with Gasteiger partial charge in [-0.05, 0) is 50.8 Å². The van der Waals surface area contributed by atoms with Crippen LogP contribution in [0.1, 0.15) is 51.9 Å². The summed E-state index contributed by atoms with van der Waals surface area (Å²) in [6.45, 7) is 4.33. The molecular formula is C14H27NOS. The summed E-state index contributed by atoms with van der Waals surface area (Å²) < 4.78 is 5.73. The van der Waals surface area contributed by atoms with Gasteiger partial charge in [0.1, 0.15) is 0 Å². The van der Waals surface area contributed by atoms with Crippen molar-refractivity contribution in [3.63, 3.8) is 0 Å². The Hall–Kier alpha value is 0.270. The first-order valence-electron chi connectivity index (χ1n) is 7.36. The monoisotopic (exact) mass is 257 g/mol. The maximum atomic E-state index is 5.73. The van der Waals surface area contributed by atoms with Crippen LogP contribution in [0.4, 0.5) is 0 Å². The Balaban J connectivity index is 1.74. The third kappa shape index (κ3) is 4.46. The van der Waals surface area contributed by atoms with Crippen LogP contribution in [-0.4, -0.2) is 36.3 Å². The van der Waals surface area contributed by atoms with Gasteiger partial charge in [-0.15, -0.1) is 0 Å². The van der Waals surface area contributed by atoms with Crippen molar-refractivity contribution >= 4 is 11.8 Å². The first-order chi connectivity index (χ1) is 8.40. The highest BCUT2D eigenvalue weighted by Crippen LogP contribution is 2.30. The molecule has 0 aromatic rings. The Bertz CT molecular complexity index is 200. The second-order valence-corrected chi connectivity index (χ2v) is 6.63. The average Bonchev–Trinajstić information content (AvgIpc) is 2.88. The zero-order valence-electron chi connectivity index (χ0n) is 11.1. The molecule has 3 unspecified atom stereocenters. The SMILES string of the molecule is CCNC(CCC1CCCO1)C1CCCCS1. The predicted molar refractivity (Wildman–Crippen MR) is 75.8 cm³/mol. The van der Waals surface area contributed by atoms with Crippen molar-refractivity contribution in [2.45, 2.75) is 69.3 Å². The lowest BCUT2D eigenvalue weighted by molar-refractivity contribution is 0.0994. The lowest BCUT2D eigenvalue weighted by atomic mass is 10.00. The van der Waals surface area contributed by atoms with Gasteiger partial charge in [-0.2, -0.15) is 11.8 Å². The Labute approximate surface area is 110 Å². The minimum absolute atomic E-state index is 0.560. The molecule has 1 N–H and O–H groups in total. The van der Waals surface area contributed by atoms with E-state index < -0.39 is 0 Å².